The van der Waals surface area contributed by atoms with Gasteiger partial charge < -0.3 is 62.3 Å². The van der Waals surface area contributed by atoms with Crippen molar-refractivity contribution in [2.24, 2.45) is 0 Å². The summed E-state index contributed by atoms with van der Waals surface area (Å²) in [6.45, 7) is 22.8. The molecule has 6 aromatic carbocycles. The molecule has 108 heavy (non-hydrogen) atoms. The highest BCUT2D eigenvalue weighted by Gasteiger charge is 2.29. The van der Waals surface area contributed by atoms with Gasteiger partial charge in [0.1, 0.15) is 75.0 Å². The minimum absolute atomic E-state index is 0.0323. The molecule has 594 valence electrons. The molecule has 0 aromatic heterocycles. The van der Waals surface area contributed by atoms with Gasteiger partial charge in [-0.25, -0.2) is 8.78 Å². The lowest BCUT2D eigenvalue weighted by atomic mass is 9.97. The molecule has 0 aliphatic heterocycles. The lowest BCUT2D eigenvalue weighted by Gasteiger charge is -2.25. The summed E-state index contributed by atoms with van der Waals surface area (Å²) >= 11 is 5.83. The second-order valence-corrected chi connectivity index (χ2v) is 27.8. The van der Waals surface area contributed by atoms with Crippen LogP contribution in [0.2, 0.25) is 5.02 Å². The fraction of sp³-hybridized carbons (Fsp3) is 0.494. The van der Waals surface area contributed by atoms with Gasteiger partial charge in [0.2, 0.25) is 0 Å². The van der Waals surface area contributed by atoms with Crippen molar-refractivity contribution >= 4 is 63.7 Å². The van der Waals surface area contributed by atoms with Crippen LogP contribution in [0, 0.1) is 25.5 Å². The Morgan fingerprint density at radius 1 is 0.370 bits per heavy atom. The molecule has 0 amide bonds. The number of ether oxygens (including phenoxy) is 6. The zero-order valence-electron chi connectivity index (χ0n) is 66.3. The van der Waals surface area contributed by atoms with E-state index in [4.69, 9.17) is 40.0 Å². The highest BCUT2D eigenvalue weighted by Crippen LogP contribution is 2.26. The van der Waals surface area contributed by atoms with Crippen LogP contribution >= 0.6 is 11.6 Å². The Kier molecular flexibility index (Phi) is 53.1. The minimum atomic E-state index is -0.840. The Balaban J connectivity index is 0.000000651. The van der Waals surface area contributed by atoms with Crippen LogP contribution in [0.1, 0.15) is 268 Å². The second-order valence-electron chi connectivity index (χ2n) is 27.4. The molecule has 0 unspecified atom stereocenters. The predicted molar refractivity (Wildman–Crippen MR) is 426 cm³/mol. The van der Waals surface area contributed by atoms with Gasteiger partial charge in [0.05, 0.1) is 38.6 Å². The number of aryl methyl sites for hydroxylation is 2. The number of carbonyl (C=O) groups is 9. The lowest BCUT2D eigenvalue weighted by Crippen LogP contribution is -2.38. The third kappa shape index (κ3) is 52.2. The number of benzene rings is 6. The number of ketones is 9. The topological polar surface area (TPSA) is 229 Å². The summed E-state index contributed by atoms with van der Waals surface area (Å²) in [5.41, 5.74) is 2.21. The highest BCUT2D eigenvalue weighted by molar-refractivity contribution is 6.30. The molecule has 0 saturated carbocycles. The standard InChI is InChI=1S/C18H25ClO3.C17H24O3.C15H20O3.C15H22O3.2C12H15FO2/c1-14(20)8-6-4-5-7-9-17(21)18(2,3)22-16-12-10-15(19)11-13-16;1-14(18)10-6-4-3-5-9-13-20-17-12-8-7-11-16(17)15(2)19;1-12(16)7-4-3-5-10-18-15-9-6-8-14(11-15)13(2)17;1-13(16)8-5-3-2-4-6-11-18-15-10-7-9-14(17)12-15;1-9-8-11(13)5-6-12(9)15-7-3-4-10(2)14;1-9-5-6-11(13)12(8-9)15-7-3-4-10(2)14/h10-13H,4-9H2,1-3H3;7-8,11-12H,3-6,9-10,13H2,1-2H3;6,8-9,11H,3-5,7,10H2,1-2H3;7,9-10,12,17H,2-6,8,11H2,1H3;2*5-6,8H,3-4,7H2,1-2H3. The third-order valence-electron chi connectivity index (χ3n) is 16.3. The van der Waals surface area contributed by atoms with Crippen LogP contribution < -0.4 is 28.4 Å². The first kappa shape index (κ1) is 97.1. The maximum Gasteiger partial charge on any atom is 0.175 e. The summed E-state index contributed by atoms with van der Waals surface area (Å²) in [5, 5.41) is 9.89. The Labute approximate surface area is 647 Å². The van der Waals surface area contributed by atoms with E-state index in [0.29, 0.717) is 130 Å². The van der Waals surface area contributed by atoms with E-state index in [-0.39, 0.29) is 75.2 Å². The molecule has 0 spiro atoms. The summed E-state index contributed by atoms with van der Waals surface area (Å²) in [5.74, 6) is 4.80. The number of hydrogen-bond acceptors (Lipinski definition) is 16. The Bertz CT molecular complexity index is 3600. The van der Waals surface area contributed by atoms with Gasteiger partial charge in [-0.2, -0.15) is 0 Å². The molecule has 0 radical (unpaired) electrons. The maximum atomic E-state index is 13.2. The summed E-state index contributed by atoms with van der Waals surface area (Å²) in [4.78, 5) is 99.3. The smallest absolute Gasteiger partial charge is 0.175 e. The summed E-state index contributed by atoms with van der Waals surface area (Å²) < 4.78 is 59.1. The van der Waals surface area contributed by atoms with Crippen molar-refractivity contribution in [3.05, 3.63) is 172 Å². The lowest BCUT2D eigenvalue weighted by molar-refractivity contribution is -0.132. The van der Waals surface area contributed by atoms with E-state index in [9.17, 15) is 57.0 Å². The van der Waals surface area contributed by atoms with Gasteiger partial charge in [-0.3, -0.25) is 14.4 Å². The van der Waals surface area contributed by atoms with Crippen molar-refractivity contribution in [1.82, 2.24) is 0 Å². The summed E-state index contributed by atoms with van der Waals surface area (Å²) in [6.07, 6.45) is 22.8. The zero-order chi connectivity index (χ0) is 80.5. The number of carbonyl (C=O) groups excluding carboxylic acids is 9. The number of phenols is 1. The molecule has 16 nitrogen and oxygen atoms in total. The van der Waals surface area contributed by atoms with E-state index >= 15 is 0 Å². The number of hydrogen-bond donors (Lipinski definition) is 1. The quantitative estimate of drug-likeness (QED) is 0.0277. The van der Waals surface area contributed by atoms with Gasteiger partial charge in [-0.15, -0.1) is 0 Å². The van der Waals surface area contributed by atoms with Crippen LogP contribution in [-0.4, -0.2) is 95.8 Å². The SMILES string of the molecule is CC(=O)CCCCCCC(=O)C(C)(C)Oc1ccc(Cl)cc1.CC(=O)CCCCCCCOc1cccc(O)c1.CC(=O)CCCCCCCOc1ccccc1C(C)=O.CC(=O)CCCCCOc1cccc(C(C)=O)c1.CC(=O)CCCOc1cc(C)ccc1F.CC(=O)CCCOc1ccc(F)cc1C. The van der Waals surface area contributed by atoms with Gasteiger partial charge >= 0.3 is 0 Å². The average Bonchev–Trinajstić information content (AvgIpc) is 0.864. The van der Waals surface area contributed by atoms with Crippen molar-refractivity contribution < 1.29 is 85.5 Å². The van der Waals surface area contributed by atoms with Gasteiger partial charge in [-0.05, 0) is 256 Å². The largest absolute Gasteiger partial charge is 0.508 e. The Hall–Kier alpha value is -8.90. The molecule has 19 heteroatoms. The second kappa shape index (κ2) is 59.1. The number of halogens is 3. The molecular weight excluding hydrogens is 1400 g/mol. The molecule has 1 N–H and O–H groups in total. The van der Waals surface area contributed by atoms with Crippen LogP contribution in [0.4, 0.5) is 8.78 Å². The Morgan fingerprint density at radius 3 is 1.27 bits per heavy atom. The van der Waals surface area contributed by atoms with E-state index < -0.39 is 5.60 Å². The number of rotatable bonds is 47. The fourth-order valence-corrected chi connectivity index (χ4v) is 10.3. The van der Waals surface area contributed by atoms with Crippen molar-refractivity contribution in [3.8, 4) is 40.2 Å². The van der Waals surface area contributed by atoms with Gasteiger partial charge in [-0.1, -0.05) is 99.4 Å². The molecule has 0 fully saturated rings. The molecule has 6 rings (SSSR count). The summed E-state index contributed by atoms with van der Waals surface area (Å²) in [6, 6.07) is 37.6. The van der Waals surface area contributed by atoms with Crippen LogP contribution in [-0.2, 0) is 33.6 Å². The molecule has 0 aliphatic rings. The molecule has 0 aliphatic carbocycles. The number of unbranched alkanes of at least 4 members (excludes halogenated alkanes) is 13. The van der Waals surface area contributed by atoms with E-state index in [1.807, 2.05) is 43.3 Å². The molecule has 6 aromatic rings. The van der Waals surface area contributed by atoms with Crippen molar-refractivity contribution in [2.75, 3.05) is 33.0 Å². The molecule has 0 bridgehead atoms. The first-order chi connectivity index (χ1) is 51.4. The van der Waals surface area contributed by atoms with Crippen LogP contribution in [0.3, 0.4) is 0 Å². The summed E-state index contributed by atoms with van der Waals surface area (Å²) in [7, 11) is 0. The molecule has 0 atom stereocenters. The monoisotopic (exact) mass is 1520 g/mol. The number of para-hydroxylation sites is 1. The van der Waals surface area contributed by atoms with E-state index in [0.717, 1.165) is 126 Å². The third-order valence-corrected chi connectivity index (χ3v) is 16.5. The molecule has 0 heterocycles. The molecular formula is C89H121ClF2O16. The van der Waals surface area contributed by atoms with Gasteiger partial charge in [0, 0.05) is 61.6 Å². The van der Waals surface area contributed by atoms with Crippen LogP contribution in [0.5, 0.6) is 40.2 Å². The van der Waals surface area contributed by atoms with E-state index in [1.165, 1.54) is 25.1 Å². The number of Topliss-reactive ketones (excluding diaryl/α,β-unsaturated/α-hetero) is 9. The van der Waals surface area contributed by atoms with Crippen molar-refractivity contribution in [1.29, 1.82) is 0 Å². The van der Waals surface area contributed by atoms with Crippen molar-refractivity contribution in [3.63, 3.8) is 0 Å². The van der Waals surface area contributed by atoms with Crippen LogP contribution in [0.15, 0.2) is 133 Å². The first-order valence-electron chi connectivity index (χ1n) is 38.0. The maximum absolute atomic E-state index is 13.2. The zero-order valence-corrected chi connectivity index (χ0v) is 67.1. The molecule has 0 saturated heterocycles. The normalized spacial score (nSPS) is 10.4. The predicted octanol–water partition coefficient (Wildman–Crippen LogP) is 22.1. The van der Waals surface area contributed by atoms with Crippen LogP contribution in [0.25, 0.3) is 0 Å². The highest BCUT2D eigenvalue weighted by atomic mass is 35.5. The number of phenolic OH excluding ortho intramolecular Hbond substituents is 1. The van der Waals surface area contributed by atoms with Gasteiger partial charge in [0.15, 0.2) is 34.5 Å². The van der Waals surface area contributed by atoms with Crippen molar-refractivity contribution in [2.45, 2.75) is 256 Å². The van der Waals surface area contributed by atoms with Gasteiger partial charge in [0.25, 0.3) is 0 Å². The van der Waals surface area contributed by atoms with E-state index in [1.54, 1.807) is 148 Å². The first-order valence-corrected chi connectivity index (χ1v) is 38.4. The number of aromatic hydroxyl groups is 1. The fourth-order valence-electron chi connectivity index (χ4n) is 10.2. The average molecular weight is 1520 g/mol. The minimum Gasteiger partial charge on any atom is -0.508 e. The van der Waals surface area contributed by atoms with E-state index in [2.05, 4.69) is 0 Å². The Morgan fingerprint density at radius 2 is 0.787 bits per heavy atom.